The summed E-state index contributed by atoms with van der Waals surface area (Å²) in [5.74, 6) is 0.620. The lowest BCUT2D eigenvalue weighted by molar-refractivity contribution is 0.190. The minimum absolute atomic E-state index is 0.0738. The van der Waals surface area contributed by atoms with Crippen LogP contribution in [0, 0.1) is 6.92 Å². The van der Waals surface area contributed by atoms with Crippen molar-refractivity contribution >= 4 is 10.0 Å². The number of nitrogens with zero attached hydrogens (tertiary/aromatic N) is 2. The molecule has 1 atom stereocenters. The predicted octanol–water partition coefficient (Wildman–Crippen LogP) is -0.408. The fourth-order valence-electron chi connectivity index (χ4n) is 2.53. The molecule has 2 N–H and O–H groups in total. The molecule has 0 spiro atoms. The Hall–Kier alpha value is -1.25. The lowest BCUT2D eigenvalue weighted by Crippen LogP contribution is -2.47. The Morgan fingerprint density at radius 1 is 1.55 bits per heavy atom. The summed E-state index contributed by atoms with van der Waals surface area (Å²) in [4.78, 5) is 20.5. The van der Waals surface area contributed by atoms with Gasteiger partial charge in [-0.3, -0.25) is 9.69 Å². The third kappa shape index (κ3) is 4.69. The number of piperidine rings is 1. The maximum atomic E-state index is 11.4. The van der Waals surface area contributed by atoms with Gasteiger partial charge >= 0.3 is 0 Å². The van der Waals surface area contributed by atoms with Crippen LogP contribution in [0.25, 0.3) is 0 Å². The summed E-state index contributed by atoms with van der Waals surface area (Å²) < 4.78 is 25.2. The van der Waals surface area contributed by atoms with Gasteiger partial charge in [-0.15, -0.1) is 0 Å². The lowest BCUT2D eigenvalue weighted by Gasteiger charge is -2.32. The van der Waals surface area contributed by atoms with Crippen LogP contribution in [0.3, 0.4) is 0 Å². The molecule has 7 nitrogen and oxygen atoms in total. The molecular weight excluding hydrogens is 280 g/mol. The second kappa shape index (κ2) is 6.02. The van der Waals surface area contributed by atoms with Gasteiger partial charge in [-0.05, 0) is 26.3 Å². The van der Waals surface area contributed by atoms with E-state index in [-0.39, 0.29) is 11.6 Å². The number of nitrogens with one attached hydrogen (secondary N) is 2. The van der Waals surface area contributed by atoms with Crippen LogP contribution < -0.4 is 10.3 Å². The molecule has 0 saturated carbocycles. The Morgan fingerprint density at radius 2 is 2.30 bits per heavy atom. The molecule has 0 radical (unpaired) electrons. The van der Waals surface area contributed by atoms with Gasteiger partial charge in [0.1, 0.15) is 5.82 Å². The fraction of sp³-hybridized carbons (Fsp3) is 0.667. The molecule has 1 fully saturated rings. The van der Waals surface area contributed by atoms with E-state index in [1.807, 2.05) is 0 Å². The number of H-pyrrole nitrogens is 1. The van der Waals surface area contributed by atoms with E-state index in [1.165, 1.54) is 12.3 Å². The van der Waals surface area contributed by atoms with E-state index in [0.29, 0.717) is 24.6 Å². The molecule has 1 saturated heterocycles. The first-order valence-electron chi connectivity index (χ1n) is 6.58. The van der Waals surface area contributed by atoms with Gasteiger partial charge in [-0.25, -0.2) is 18.1 Å². The van der Waals surface area contributed by atoms with Gasteiger partial charge in [0.2, 0.25) is 10.0 Å². The number of aryl methyl sites for hydroxylation is 1. The first kappa shape index (κ1) is 15.1. The minimum Gasteiger partial charge on any atom is -0.309 e. The molecule has 0 bridgehead atoms. The number of hydrogen-bond donors (Lipinski definition) is 2. The molecule has 1 aromatic rings. The first-order chi connectivity index (χ1) is 9.32. The second-order valence-electron chi connectivity index (χ2n) is 5.30. The topological polar surface area (TPSA) is 95.2 Å². The van der Waals surface area contributed by atoms with Crippen LogP contribution in [-0.4, -0.2) is 48.7 Å². The molecule has 1 aliphatic rings. The van der Waals surface area contributed by atoms with Gasteiger partial charge in [-0.1, -0.05) is 0 Å². The zero-order chi connectivity index (χ0) is 14.8. The van der Waals surface area contributed by atoms with Gasteiger partial charge < -0.3 is 4.98 Å². The quantitative estimate of drug-likeness (QED) is 0.788. The van der Waals surface area contributed by atoms with E-state index in [4.69, 9.17) is 0 Å². The Kier molecular flexibility index (Phi) is 4.56. The van der Waals surface area contributed by atoms with Crippen LogP contribution >= 0.6 is 0 Å². The average Bonchev–Trinajstić information content (AvgIpc) is 2.25. The summed E-state index contributed by atoms with van der Waals surface area (Å²) in [6.07, 6.45) is 2.93. The third-order valence-electron chi connectivity index (χ3n) is 3.18. The smallest absolute Gasteiger partial charge is 0.251 e. The number of likely N-dealkylation sites (tertiary alicyclic amines) is 1. The molecule has 0 aliphatic carbocycles. The summed E-state index contributed by atoms with van der Waals surface area (Å²) in [5, 5.41) is 0. The Bertz CT molecular complexity index is 626. The summed E-state index contributed by atoms with van der Waals surface area (Å²) in [6.45, 7) is 3.81. The van der Waals surface area contributed by atoms with E-state index < -0.39 is 10.0 Å². The number of aromatic nitrogens is 2. The number of sulfonamides is 1. The highest BCUT2D eigenvalue weighted by atomic mass is 32.2. The van der Waals surface area contributed by atoms with Crippen LogP contribution in [0.2, 0.25) is 0 Å². The molecule has 2 rings (SSSR count). The molecule has 0 amide bonds. The number of rotatable bonds is 4. The van der Waals surface area contributed by atoms with Crippen LogP contribution in [0.1, 0.15) is 24.4 Å². The van der Waals surface area contributed by atoms with Crippen molar-refractivity contribution in [1.29, 1.82) is 0 Å². The maximum Gasteiger partial charge on any atom is 0.251 e. The normalized spacial score (nSPS) is 21.0. The fourth-order valence-corrected chi connectivity index (χ4v) is 3.32. The predicted molar refractivity (Wildman–Crippen MR) is 75.9 cm³/mol. The third-order valence-corrected chi connectivity index (χ3v) is 3.94. The van der Waals surface area contributed by atoms with Crippen LogP contribution in [0.15, 0.2) is 10.9 Å². The van der Waals surface area contributed by atoms with Gasteiger partial charge in [-0.2, -0.15) is 0 Å². The van der Waals surface area contributed by atoms with Gasteiger partial charge in [0.15, 0.2) is 0 Å². The van der Waals surface area contributed by atoms with E-state index in [0.717, 1.165) is 19.4 Å². The Morgan fingerprint density at radius 3 is 2.95 bits per heavy atom. The largest absolute Gasteiger partial charge is 0.309 e. The van der Waals surface area contributed by atoms with Crippen molar-refractivity contribution < 1.29 is 8.42 Å². The standard InChI is InChI=1S/C12H20N4O3S/c1-9-6-12(17)14-11(13-9)8-16-5-3-4-10(7-16)15-20(2,18)19/h6,10,15H,3-5,7-8H2,1-2H3,(H,13,14,17)/t10-/m0/s1. The van der Waals surface area contributed by atoms with E-state index in [9.17, 15) is 13.2 Å². The van der Waals surface area contributed by atoms with Crippen LogP contribution in [0.4, 0.5) is 0 Å². The number of hydrogen-bond acceptors (Lipinski definition) is 5. The highest BCUT2D eigenvalue weighted by Gasteiger charge is 2.22. The summed E-state index contributed by atoms with van der Waals surface area (Å²) >= 11 is 0. The summed E-state index contributed by atoms with van der Waals surface area (Å²) in [6, 6.07) is 1.38. The van der Waals surface area contributed by atoms with Crippen molar-refractivity contribution in [2.75, 3.05) is 19.3 Å². The van der Waals surface area contributed by atoms with Crippen molar-refractivity contribution in [3.8, 4) is 0 Å². The monoisotopic (exact) mass is 300 g/mol. The second-order valence-corrected chi connectivity index (χ2v) is 7.08. The average molecular weight is 300 g/mol. The van der Waals surface area contributed by atoms with Crippen molar-refractivity contribution in [3.05, 3.63) is 27.9 Å². The Balaban J connectivity index is 2.00. The minimum atomic E-state index is -3.18. The molecule has 0 unspecified atom stereocenters. The highest BCUT2D eigenvalue weighted by Crippen LogP contribution is 2.12. The zero-order valence-corrected chi connectivity index (χ0v) is 12.5. The maximum absolute atomic E-state index is 11.4. The molecule has 0 aromatic carbocycles. The number of aromatic amines is 1. The van der Waals surface area contributed by atoms with Crippen molar-refractivity contribution in [3.63, 3.8) is 0 Å². The van der Waals surface area contributed by atoms with Crippen molar-refractivity contribution in [2.45, 2.75) is 32.4 Å². The SMILES string of the molecule is Cc1cc(=O)[nH]c(CN2CCC[C@H](NS(C)(=O)=O)C2)n1. The lowest BCUT2D eigenvalue weighted by atomic mass is 10.1. The van der Waals surface area contributed by atoms with E-state index in [1.54, 1.807) is 6.92 Å². The molecule has 1 aromatic heterocycles. The van der Waals surface area contributed by atoms with Gasteiger partial charge in [0.25, 0.3) is 5.56 Å². The van der Waals surface area contributed by atoms with E-state index >= 15 is 0 Å². The molecule has 20 heavy (non-hydrogen) atoms. The van der Waals surface area contributed by atoms with Crippen LogP contribution in [-0.2, 0) is 16.6 Å². The van der Waals surface area contributed by atoms with Gasteiger partial charge in [0.05, 0.1) is 12.8 Å². The molecule has 1 aliphatic heterocycles. The van der Waals surface area contributed by atoms with Crippen molar-refractivity contribution in [1.82, 2.24) is 19.6 Å². The summed E-state index contributed by atoms with van der Waals surface area (Å²) in [5.41, 5.74) is 0.530. The van der Waals surface area contributed by atoms with E-state index in [2.05, 4.69) is 19.6 Å². The van der Waals surface area contributed by atoms with Crippen molar-refractivity contribution in [2.24, 2.45) is 0 Å². The molecule has 2 heterocycles. The van der Waals surface area contributed by atoms with Gasteiger partial charge in [0, 0.05) is 24.3 Å². The highest BCUT2D eigenvalue weighted by molar-refractivity contribution is 7.88. The summed E-state index contributed by atoms with van der Waals surface area (Å²) in [7, 11) is -3.18. The molecule has 8 heteroatoms. The molecule has 112 valence electrons. The van der Waals surface area contributed by atoms with Crippen LogP contribution in [0.5, 0.6) is 0 Å². The molecular formula is C12H20N4O3S. The first-order valence-corrected chi connectivity index (χ1v) is 8.47. The zero-order valence-electron chi connectivity index (χ0n) is 11.7. The Labute approximate surface area is 118 Å².